The van der Waals surface area contributed by atoms with Gasteiger partial charge in [-0.2, -0.15) is 0 Å². The molecule has 2 rings (SSSR count). The van der Waals surface area contributed by atoms with E-state index >= 15 is 0 Å². The van der Waals surface area contributed by atoms with Crippen molar-refractivity contribution in [1.29, 1.82) is 0 Å². The Morgan fingerprint density at radius 2 is 1.66 bits per heavy atom. The van der Waals surface area contributed by atoms with Crippen LogP contribution in [0.3, 0.4) is 0 Å². The SMILES string of the molecule is COc1ccc(C(C)NC(C)C(=O)Nc2ccc(C(=O)OC(C)C)cc2)cc1F. The number of methoxy groups -OCH3 is 1. The predicted octanol–water partition coefficient (Wildman–Crippen LogP) is 4.08. The molecule has 2 aromatic rings. The molecule has 2 N–H and O–H groups in total. The fourth-order valence-corrected chi connectivity index (χ4v) is 2.72. The third kappa shape index (κ3) is 6.29. The Morgan fingerprint density at radius 1 is 1.00 bits per heavy atom. The molecule has 0 spiro atoms. The van der Waals surface area contributed by atoms with Crippen molar-refractivity contribution >= 4 is 17.6 Å². The Bertz CT molecular complexity index is 852. The third-order valence-corrected chi connectivity index (χ3v) is 4.30. The van der Waals surface area contributed by atoms with Gasteiger partial charge in [-0.15, -0.1) is 0 Å². The van der Waals surface area contributed by atoms with Crippen molar-refractivity contribution < 1.29 is 23.5 Å². The van der Waals surface area contributed by atoms with Gasteiger partial charge in [-0.1, -0.05) is 6.07 Å². The molecule has 0 aromatic heterocycles. The number of rotatable bonds is 8. The third-order valence-electron chi connectivity index (χ3n) is 4.30. The van der Waals surface area contributed by atoms with E-state index < -0.39 is 17.8 Å². The molecule has 0 radical (unpaired) electrons. The number of benzene rings is 2. The van der Waals surface area contributed by atoms with Crippen molar-refractivity contribution in [3.8, 4) is 5.75 Å². The number of anilines is 1. The summed E-state index contributed by atoms with van der Waals surface area (Å²) in [5.41, 5.74) is 1.68. The normalized spacial score (nSPS) is 12.9. The van der Waals surface area contributed by atoms with Crippen LogP contribution in [-0.4, -0.2) is 31.1 Å². The molecule has 0 bridgehead atoms. The van der Waals surface area contributed by atoms with Gasteiger partial charge in [-0.05, 0) is 69.7 Å². The number of ether oxygens (including phenoxy) is 2. The molecule has 29 heavy (non-hydrogen) atoms. The van der Waals surface area contributed by atoms with Gasteiger partial charge in [0, 0.05) is 11.7 Å². The number of carbonyl (C=O) groups is 2. The second-order valence-corrected chi connectivity index (χ2v) is 7.02. The highest BCUT2D eigenvalue weighted by atomic mass is 19.1. The molecule has 156 valence electrons. The molecule has 0 fully saturated rings. The number of hydrogen-bond donors (Lipinski definition) is 2. The highest BCUT2D eigenvalue weighted by Crippen LogP contribution is 2.22. The lowest BCUT2D eigenvalue weighted by Gasteiger charge is -2.20. The number of hydrogen-bond acceptors (Lipinski definition) is 5. The average molecular weight is 402 g/mol. The minimum Gasteiger partial charge on any atom is -0.494 e. The number of esters is 1. The first-order chi connectivity index (χ1) is 13.7. The molecule has 0 heterocycles. The van der Waals surface area contributed by atoms with Gasteiger partial charge in [-0.25, -0.2) is 9.18 Å². The number of amides is 1. The van der Waals surface area contributed by atoms with Gasteiger partial charge in [0.2, 0.25) is 5.91 Å². The highest BCUT2D eigenvalue weighted by Gasteiger charge is 2.18. The summed E-state index contributed by atoms with van der Waals surface area (Å²) in [6.45, 7) is 7.13. The van der Waals surface area contributed by atoms with Crippen LogP contribution in [0.4, 0.5) is 10.1 Å². The Hall–Kier alpha value is -2.93. The Labute approximate surface area is 170 Å². The average Bonchev–Trinajstić information content (AvgIpc) is 2.67. The van der Waals surface area contributed by atoms with Gasteiger partial charge in [0.15, 0.2) is 11.6 Å². The first-order valence-electron chi connectivity index (χ1n) is 9.42. The summed E-state index contributed by atoms with van der Waals surface area (Å²) in [7, 11) is 1.41. The van der Waals surface area contributed by atoms with Crippen LogP contribution in [0.5, 0.6) is 5.75 Å². The van der Waals surface area contributed by atoms with Gasteiger partial charge < -0.3 is 14.8 Å². The van der Waals surface area contributed by atoms with Crippen molar-refractivity contribution in [2.24, 2.45) is 0 Å². The van der Waals surface area contributed by atoms with Gasteiger partial charge in [0.1, 0.15) is 0 Å². The van der Waals surface area contributed by atoms with E-state index in [-0.39, 0.29) is 23.8 Å². The maximum atomic E-state index is 13.9. The molecule has 2 atom stereocenters. The molecule has 6 nitrogen and oxygen atoms in total. The monoisotopic (exact) mass is 402 g/mol. The Kier molecular flexibility index (Phi) is 7.73. The van der Waals surface area contributed by atoms with E-state index in [1.54, 1.807) is 57.2 Å². The van der Waals surface area contributed by atoms with Crippen LogP contribution in [0.15, 0.2) is 42.5 Å². The number of carbonyl (C=O) groups excluding carboxylic acids is 2. The van der Waals surface area contributed by atoms with Crippen LogP contribution in [-0.2, 0) is 9.53 Å². The summed E-state index contributed by atoms with van der Waals surface area (Å²) < 4.78 is 23.9. The lowest BCUT2D eigenvalue weighted by molar-refractivity contribution is -0.117. The van der Waals surface area contributed by atoms with Crippen LogP contribution in [0.25, 0.3) is 0 Å². The van der Waals surface area contributed by atoms with E-state index in [1.165, 1.54) is 13.2 Å². The summed E-state index contributed by atoms with van der Waals surface area (Å²) in [5, 5.41) is 5.93. The van der Waals surface area contributed by atoms with E-state index in [4.69, 9.17) is 9.47 Å². The lowest BCUT2D eigenvalue weighted by Crippen LogP contribution is -2.39. The molecular formula is C22H27FN2O4. The Balaban J connectivity index is 1.94. The molecule has 0 aliphatic rings. The van der Waals surface area contributed by atoms with Gasteiger partial charge in [-0.3, -0.25) is 10.1 Å². The van der Waals surface area contributed by atoms with Crippen LogP contribution < -0.4 is 15.4 Å². The summed E-state index contributed by atoms with van der Waals surface area (Å²) >= 11 is 0. The van der Waals surface area contributed by atoms with Crippen LogP contribution >= 0.6 is 0 Å². The smallest absolute Gasteiger partial charge is 0.338 e. The van der Waals surface area contributed by atoms with Crippen molar-refractivity contribution in [3.63, 3.8) is 0 Å². The zero-order valence-electron chi connectivity index (χ0n) is 17.3. The maximum absolute atomic E-state index is 13.9. The van der Waals surface area contributed by atoms with E-state index in [1.807, 2.05) is 6.92 Å². The molecule has 7 heteroatoms. The maximum Gasteiger partial charge on any atom is 0.338 e. The van der Waals surface area contributed by atoms with Crippen molar-refractivity contribution in [2.45, 2.75) is 45.9 Å². The largest absolute Gasteiger partial charge is 0.494 e. The Morgan fingerprint density at radius 3 is 2.21 bits per heavy atom. The molecule has 0 aliphatic carbocycles. The summed E-state index contributed by atoms with van der Waals surface area (Å²) in [6.07, 6.45) is -0.199. The molecule has 0 saturated carbocycles. The molecule has 2 unspecified atom stereocenters. The van der Waals surface area contributed by atoms with E-state index in [9.17, 15) is 14.0 Å². The van der Waals surface area contributed by atoms with Crippen molar-refractivity contribution in [2.75, 3.05) is 12.4 Å². The predicted molar refractivity (Wildman–Crippen MR) is 110 cm³/mol. The van der Waals surface area contributed by atoms with Gasteiger partial charge >= 0.3 is 5.97 Å². The minimum absolute atomic E-state index is 0.174. The van der Waals surface area contributed by atoms with E-state index in [0.29, 0.717) is 16.8 Å². The zero-order chi connectivity index (χ0) is 21.6. The second-order valence-electron chi connectivity index (χ2n) is 7.02. The van der Waals surface area contributed by atoms with Crippen LogP contribution in [0.2, 0.25) is 0 Å². The van der Waals surface area contributed by atoms with Crippen LogP contribution in [0.1, 0.15) is 49.7 Å². The van der Waals surface area contributed by atoms with E-state index in [2.05, 4.69) is 10.6 Å². The highest BCUT2D eigenvalue weighted by molar-refractivity contribution is 5.95. The quantitative estimate of drug-likeness (QED) is 0.651. The minimum atomic E-state index is -0.527. The van der Waals surface area contributed by atoms with Gasteiger partial charge in [0.05, 0.1) is 24.8 Å². The molecular weight excluding hydrogens is 375 g/mol. The zero-order valence-corrected chi connectivity index (χ0v) is 17.3. The van der Waals surface area contributed by atoms with Crippen molar-refractivity contribution in [3.05, 3.63) is 59.4 Å². The number of nitrogens with one attached hydrogen (secondary N) is 2. The second kappa shape index (κ2) is 10.0. The lowest BCUT2D eigenvalue weighted by atomic mass is 10.1. The first kappa shape index (κ1) is 22.4. The number of halogens is 1. The molecule has 0 aliphatic heterocycles. The fraction of sp³-hybridized carbons (Fsp3) is 0.364. The molecule has 2 aromatic carbocycles. The van der Waals surface area contributed by atoms with Gasteiger partial charge in [0.25, 0.3) is 0 Å². The summed E-state index contributed by atoms with van der Waals surface area (Å²) in [6, 6.07) is 10.4. The first-order valence-corrected chi connectivity index (χ1v) is 9.42. The summed E-state index contributed by atoms with van der Waals surface area (Å²) in [5.74, 6) is -0.934. The fourth-order valence-electron chi connectivity index (χ4n) is 2.72. The van der Waals surface area contributed by atoms with Crippen molar-refractivity contribution in [1.82, 2.24) is 5.32 Å². The summed E-state index contributed by atoms with van der Waals surface area (Å²) in [4.78, 5) is 24.3. The molecule has 1 amide bonds. The van der Waals surface area contributed by atoms with Crippen LogP contribution in [0, 0.1) is 5.82 Å². The topological polar surface area (TPSA) is 76.7 Å². The standard InChI is InChI=1S/C22H27FN2O4/c1-13(2)29-22(27)16-6-9-18(10-7-16)25-21(26)15(4)24-14(3)17-8-11-20(28-5)19(23)12-17/h6-15,24H,1-5H3,(H,25,26). The molecule has 0 saturated heterocycles. The van der Waals surface area contributed by atoms with E-state index in [0.717, 1.165) is 0 Å².